The number of piperazine rings is 1. The van der Waals surface area contributed by atoms with E-state index in [-0.39, 0.29) is 5.91 Å². The zero-order valence-electron chi connectivity index (χ0n) is 11.3. The topological polar surface area (TPSA) is 57.7 Å². The summed E-state index contributed by atoms with van der Waals surface area (Å²) in [6.45, 7) is 5.63. The van der Waals surface area contributed by atoms with E-state index in [9.17, 15) is 13.2 Å². The Bertz CT molecular complexity index is 584. The third-order valence-electron chi connectivity index (χ3n) is 3.51. The summed E-state index contributed by atoms with van der Waals surface area (Å²) in [5, 5.41) is 1.88. The van der Waals surface area contributed by atoms with Crippen molar-refractivity contribution in [2.45, 2.75) is 13.8 Å². The summed E-state index contributed by atoms with van der Waals surface area (Å²) >= 11 is 1.57. The number of sulfonamides is 1. The predicted octanol–water partition coefficient (Wildman–Crippen LogP) is 1.08. The van der Waals surface area contributed by atoms with E-state index in [4.69, 9.17) is 0 Å². The van der Waals surface area contributed by atoms with Gasteiger partial charge in [0.2, 0.25) is 10.0 Å². The maximum absolute atomic E-state index is 12.4. The number of rotatable bonds is 2. The molecule has 0 bridgehead atoms. The smallest absolute Gasteiger partial charge is 0.255 e. The molecule has 1 fully saturated rings. The fourth-order valence-corrected chi connectivity index (χ4v) is 3.80. The van der Waals surface area contributed by atoms with E-state index >= 15 is 0 Å². The highest BCUT2D eigenvalue weighted by atomic mass is 32.2. The van der Waals surface area contributed by atoms with Crippen LogP contribution < -0.4 is 0 Å². The number of hydrogen-bond acceptors (Lipinski definition) is 4. The summed E-state index contributed by atoms with van der Waals surface area (Å²) in [6.07, 6.45) is 1.21. The third kappa shape index (κ3) is 2.98. The molecule has 106 valence electrons. The normalized spacial score (nSPS) is 17.7. The minimum atomic E-state index is -3.15. The van der Waals surface area contributed by atoms with E-state index in [0.29, 0.717) is 26.2 Å². The third-order valence-corrected chi connectivity index (χ3v) is 5.83. The van der Waals surface area contributed by atoms with Gasteiger partial charge in [0, 0.05) is 36.4 Å². The van der Waals surface area contributed by atoms with Crippen molar-refractivity contribution in [3.05, 3.63) is 21.4 Å². The molecule has 2 rings (SSSR count). The molecule has 0 aromatic carbocycles. The molecular weight excluding hydrogens is 284 g/mol. The van der Waals surface area contributed by atoms with Crippen molar-refractivity contribution in [3.63, 3.8) is 0 Å². The van der Waals surface area contributed by atoms with E-state index in [2.05, 4.69) is 0 Å². The Morgan fingerprint density at radius 2 is 1.79 bits per heavy atom. The fourth-order valence-electron chi connectivity index (χ4n) is 2.12. The van der Waals surface area contributed by atoms with Crippen LogP contribution in [0.3, 0.4) is 0 Å². The standard InChI is InChI=1S/C12H18N2O3S2/c1-9-10(2)18-8-11(9)12(15)13-4-6-14(7-5-13)19(3,16)17/h8H,4-7H2,1-3H3. The van der Waals surface area contributed by atoms with E-state index in [0.717, 1.165) is 16.0 Å². The first-order chi connectivity index (χ1) is 8.80. The SMILES string of the molecule is Cc1scc(C(=O)N2CCN(S(C)(=O)=O)CC2)c1C. The van der Waals surface area contributed by atoms with E-state index in [1.54, 1.807) is 16.2 Å². The second kappa shape index (κ2) is 5.22. The monoisotopic (exact) mass is 302 g/mol. The predicted molar refractivity (Wildman–Crippen MR) is 76.1 cm³/mol. The van der Waals surface area contributed by atoms with Gasteiger partial charge in [0.1, 0.15) is 0 Å². The van der Waals surface area contributed by atoms with Crippen LogP contribution in [-0.4, -0.2) is 56.0 Å². The van der Waals surface area contributed by atoms with Crippen LogP contribution in [0, 0.1) is 13.8 Å². The summed E-state index contributed by atoms with van der Waals surface area (Å²) in [5.41, 5.74) is 1.77. The van der Waals surface area contributed by atoms with Gasteiger partial charge in [-0.1, -0.05) is 0 Å². The number of thiophene rings is 1. The molecule has 0 aliphatic carbocycles. The van der Waals surface area contributed by atoms with E-state index < -0.39 is 10.0 Å². The molecule has 1 amide bonds. The van der Waals surface area contributed by atoms with E-state index in [1.165, 1.54) is 10.6 Å². The van der Waals surface area contributed by atoms with Crippen LogP contribution in [-0.2, 0) is 10.0 Å². The van der Waals surface area contributed by atoms with Crippen LogP contribution in [0.15, 0.2) is 5.38 Å². The Kier molecular flexibility index (Phi) is 3.98. The lowest BCUT2D eigenvalue weighted by molar-refractivity contribution is 0.0698. The van der Waals surface area contributed by atoms with Crippen LogP contribution in [0.2, 0.25) is 0 Å². The first-order valence-corrected chi connectivity index (χ1v) is 8.82. The van der Waals surface area contributed by atoms with Gasteiger partial charge in [-0.15, -0.1) is 11.3 Å². The fraction of sp³-hybridized carbons (Fsp3) is 0.583. The molecular formula is C12H18N2O3S2. The first-order valence-electron chi connectivity index (χ1n) is 6.10. The molecule has 5 nitrogen and oxygen atoms in total. The van der Waals surface area contributed by atoms with Crippen molar-refractivity contribution in [2.24, 2.45) is 0 Å². The minimum Gasteiger partial charge on any atom is -0.336 e. The highest BCUT2D eigenvalue weighted by molar-refractivity contribution is 7.88. The van der Waals surface area contributed by atoms with Gasteiger partial charge < -0.3 is 4.90 Å². The summed E-state index contributed by atoms with van der Waals surface area (Å²) < 4.78 is 24.2. The van der Waals surface area contributed by atoms with Crippen molar-refractivity contribution in [1.82, 2.24) is 9.21 Å². The molecule has 1 aliphatic rings. The van der Waals surface area contributed by atoms with Gasteiger partial charge in [-0.3, -0.25) is 4.79 Å². The highest BCUT2D eigenvalue weighted by Gasteiger charge is 2.27. The highest BCUT2D eigenvalue weighted by Crippen LogP contribution is 2.22. The number of nitrogens with zero attached hydrogens (tertiary/aromatic N) is 2. The zero-order valence-corrected chi connectivity index (χ0v) is 13.0. The van der Waals surface area contributed by atoms with Gasteiger partial charge in [0.15, 0.2) is 0 Å². The van der Waals surface area contributed by atoms with Crippen LogP contribution in [0.25, 0.3) is 0 Å². The number of hydrogen-bond donors (Lipinski definition) is 0. The number of aryl methyl sites for hydroxylation is 1. The molecule has 0 unspecified atom stereocenters. The average Bonchev–Trinajstić information content (AvgIpc) is 2.68. The second-order valence-corrected chi connectivity index (χ2v) is 7.85. The Morgan fingerprint density at radius 1 is 1.21 bits per heavy atom. The molecule has 2 heterocycles. The lowest BCUT2D eigenvalue weighted by Crippen LogP contribution is -2.50. The summed E-state index contributed by atoms with van der Waals surface area (Å²) in [6, 6.07) is 0. The van der Waals surface area contributed by atoms with Gasteiger partial charge in [0.25, 0.3) is 5.91 Å². The number of amides is 1. The van der Waals surface area contributed by atoms with Gasteiger partial charge >= 0.3 is 0 Å². The van der Waals surface area contributed by atoms with Gasteiger partial charge in [0.05, 0.1) is 11.8 Å². The minimum absolute atomic E-state index is 0.00926. The van der Waals surface area contributed by atoms with Crippen LogP contribution in [0.1, 0.15) is 20.8 Å². The lowest BCUT2D eigenvalue weighted by atomic mass is 10.1. The Morgan fingerprint density at radius 3 is 2.21 bits per heavy atom. The molecule has 7 heteroatoms. The average molecular weight is 302 g/mol. The Labute approximate surface area is 117 Å². The van der Waals surface area contributed by atoms with Crippen molar-refractivity contribution in [3.8, 4) is 0 Å². The van der Waals surface area contributed by atoms with Gasteiger partial charge in [-0.25, -0.2) is 8.42 Å². The number of carbonyl (C=O) groups excluding carboxylic acids is 1. The van der Waals surface area contributed by atoms with Crippen molar-refractivity contribution >= 4 is 27.3 Å². The molecule has 1 aromatic heterocycles. The van der Waals surface area contributed by atoms with Gasteiger partial charge in [-0.05, 0) is 19.4 Å². The second-order valence-electron chi connectivity index (χ2n) is 4.78. The molecule has 19 heavy (non-hydrogen) atoms. The lowest BCUT2D eigenvalue weighted by Gasteiger charge is -2.33. The summed E-state index contributed by atoms with van der Waals surface area (Å²) in [7, 11) is -3.15. The summed E-state index contributed by atoms with van der Waals surface area (Å²) in [5.74, 6) is 0.00926. The van der Waals surface area contributed by atoms with Crippen molar-refractivity contribution in [2.75, 3.05) is 32.4 Å². The first kappa shape index (κ1) is 14.5. The van der Waals surface area contributed by atoms with Crippen molar-refractivity contribution < 1.29 is 13.2 Å². The summed E-state index contributed by atoms with van der Waals surface area (Å²) in [4.78, 5) is 15.2. The van der Waals surface area contributed by atoms with Crippen LogP contribution in [0.5, 0.6) is 0 Å². The Hall–Kier alpha value is -0.920. The molecule has 0 radical (unpaired) electrons. The maximum Gasteiger partial charge on any atom is 0.255 e. The van der Waals surface area contributed by atoms with E-state index in [1.807, 2.05) is 19.2 Å². The molecule has 1 aromatic rings. The molecule has 1 aliphatic heterocycles. The molecule has 0 spiro atoms. The molecule has 1 saturated heterocycles. The molecule has 0 N–H and O–H groups in total. The maximum atomic E-state index is 12.4. The zero-order chi connectivity index (χ0) is 14.2. The van der Waals surface area contributed by atoms with Crippen molar-refractivity contribution in [1.29, 1.82) is 0 Å². The Balaban J connectivity index is 2.06. The van der Waals surface area contributed by atoms with Crippen LogP contribution >= 0.6 is 11.3 Å². The quantitative estimate of drug-likeness (QED) is 0.821. The number of carbonyl (C=O) groups is 1. The van der Waals surface area contributed by atoms with Crippen LogP contribution in [0.4, 0.5) is 0 Å². The molecule has 0 saturated carbocycles. The van der Waals surface area contributed by atoms with Gasteiger partial charge in [-0.2, -0.15) is 4.31 Å². The largest absolute Gasteiger partial charge is 0.336 e. The molecule has 0 atom stereocenters.